The van der Waals surface area contributed by atoms with Crippen molar-refractivity contribution in [3.63, 3.8) is 0 Å². The van der Waals surface area contributed by atoms with Crippen LogP contribution in [0.5, 0.6) is 0 Å². The highest BCUT2D eigenvalue weighted by molar-refractivity contribution is 6.10. The first-order chi connectivity index (χ1) is 9.84. The molecule has 0 spiro atoms. The molecular weight excluding hydrogens is 264 g/mol. The maximum absolute atomic E-state index is 12.9. The largest absolute Gasteiger partial charge is 0.340 e. The molecular formula is C17H24N2O2. The lowest BCUT2D eigenvalue weighted by Gasteiger charge is -2.44. The second-order valence-electron chi connectivity index (χ2n) is 6.04. The number of hydrogen-bond acceptors (Lipinski definition) is 2. The minimum Gasteiger partial charge on any atom is -0.340 e. The van der Waals surface area contributed by atoms with Gasteiger partial charge in [0.2, 0.25) is 5.91 Å². The summed E-state index contributed by atoms with van der Waals surface area (Å²) < 4.78 is 0. The summed E-state index contributed by atoms with van der Waals surface area (Å²) in [6.07, 6.45) is 1.18. The van der Waals surface area contributed by atoms with Gasteiger partial charge in [0.25, 0.3) is 5.91 Å². The molecule has 2 atom stereocenters. The first-order valence-corrected chi connectivity index (χ1v) is 7.57. The summed E-state index contributed by atoms with van der Waals surface area (Å²) in [7, 11) is 0. The van der Waals surface area contributed by atoms with E-state index in [1.54, 1.807) is 11.8 Å². The Morgan fingerprint density at radius 1 is 1.19 bits per heavy atom. The van der Waals surface area contributed by atoms with Gasteiger partial charge >= 0.3 is 0 Å². The van der Waals surface area contributed by atoms with Gasteiger partial charge in [-0.1, -0.05) is 19.9 Å². The molecule has 2 amide bonds. The predicted molar refractivity (Wildman–Crippen MR) is 84.3 cm³/mol. The first-order valence-electron chi connectivity index (χ1n) is 7.57. The Morgan fingerprint density at radius 2 is 1.86 bits per heavy atom. The second kappa shape index (κ2) is 5.51. The molecule has 1 aliphatic heterocycles. The minimum atomic E-state index is -0.818. The molecule has 2 rings (SSSR count). The van der Waals surface area contributed by atoms with Gasteiger partial charge in [-0.15, -0.1) is 0 Å². The number of benzene rings is 1. The Balaban J connectivity index is 2.51. The van der Waals surface area contributed by atoms with Crippen LogP contribution in [-0.4, -0.2) is 23.4 Å². The van der Waals surface area contributed by atoms with Crippen molar-refractivity contribution in [2.75, 3.05) is 4.90 Å². The van der Waals surface area contributed by atoms with Crippen molar-refractivity contribution in [2.24, 2.45) is 0 Å². The molecule has 0 saturated carbocycles. The lowest BCUT2D eigenvalue weighted by Crippen LogP contribution is -2.69. The smallest absolute Gasteiger partial charge is 0.253 e. The SMILES string of the molecule is CCC1C(=O)NC(C)(CC)C(=O)N1c1ccc(C)c(C)c1. The summed E-state index contributed by atoms with van der Waals surface area (Å²) in [5.41, 5.74) is 2.30. The highest BCUT2D eigenvalue weighted by Crippen LogP contribution is 2.29. The van der Waals surface area contributed by atoms with Crippen LogP contribution < -0.4 is 10.2 Å². The van der Waals surface area contributed by atoms with Crippen molar-refractivity contribution in [1.29, 1.82) is 0 Å². The summed E-state index contributed by atoms with van der Waals surface area (Å²) in [5, 5.41) is 2.89. The lowest BCUT2D eigenvalue weighted by atomic mass is 9.90. The average molecular weight is 288 g/mol. The van der Waals surface area contributed by atoms with Crippen LogP contribution in [0.3, 0.4) is 0 Å². The molecule has 0 aromatic heterocycles. The Kier molecular flexibility index (Phi) is 4.08. The highest BCUT2D eigenvalue weighted by Gasteiger charge is 2.46. The van der Waals surface area contributed by atoms with Crippen LogP contribution in [0.1, 0.15) is 44.7 Å². The van der Waals surface area contributed by atoms with Crippen LogP contribution >= 0.6 is 0 Å². The zero-order valence-corrected chi connectivity index (χ0v) is 13.5. The van der Waals surface area contributed by atoms with Crippen molar-refractivity contribution >= 4 is 17.5 Å². The molecule has 21 heavy (non-hydrogen) atoms. The van der Waals surface area contributed by atoms with E-state index in [-0.39, 0.29) is 11.8 Å². The van der Waals surface area contributed by atoms with Gasteiger partial charge in [-0.05, 0) is 56.9 Å². The Labute approximate surface area is 126 Å². The third-order valence-electron chi connectivity index (χ3n) is 4.57. The summed E-state index contributed by atoms with van der Waals surface area (Å²) in [6.45, 7) is 9.71. The topological polar surface area (TPSA) is 49.4 Å². The van der Waals surface area contributed by atoms with Crippen molar-refractivity contribution in [3.8, 4) is 0 Å². The van der Waals surface area contributed by atoms with Crippen molar-refractivity contribution < 1.29 is 9.59 Å². The maximum Gasteiger partial charge on any atom is 0.253 e. The van der Waals surface area contributed by atoms with E-state index in [0.29, 0.717) is 12.8 Å². The van der Waals surface area contributed by atoms with Crippen LogP contribution in [0, 0.1) is 13.8 Å². The highest BCUT2D eigenvalue weighted by atomic mass is 16.2. The van der Waals surface area contributed by atoms with E-state index < -0.39 is 11.6 Å². The monoisotopic (exact) mass is 288 g/mol. The van der Waals surface area contributed by atoms with E-state index in [1.165, 1.54) is 5.56 Å². The van der Waals surface area contributed by atoms with Crippen LogP contribution in [-0.2, 0) is 9.59 Å². The molecule has 2 unspecified atom stereocenters. The normalized spacial score (nSPS) is 26.0. The van der Waals surface area contributed by atoms with E-state index in [0.717, 1.165) is 11.3 Å². The van der Waals surface area contributed by atoms with E-state index in [1.807, 2.05) is 45.9 Å². The van der Waals surface area contributed by atoms with E-state index in [2.05, 4.69) is 5.32 Å². The van der Waals surface area contributed by atoms with Gasteiger partial charge in [0, 0.05) is 5.69 Å². The van der Waals surface area contributed by atoms with Gasteiger partial charge in [-0.25, -0.2) is 0 Å². The van der Waals surface area contributed by atoms with Gasteiger partial charge in [0.05, 0.1) is 0 Å². The minimum absolute atomic E-state index is 0.0281. The predicted octanol–water partition coefficient (Wildman–Crippen LogP) is 2.71. The number of carbonyl (C=O) groups is 2. The summed E-state index contributed by atoms with van der Waals surface area (Å²) in [6, 6.07) is 5.49. The number of rotatable bonds is 3. The molecule has 1 aliphatic rings. The second-order valence-corrected chi connectivity index (χ2v) is 6.04. The number of nitrogens with zero attached hydrogens (tertiary/aromatic N) is 1. The molecule has 1 saturated heterocycles. The quantitative estimate of drug-likeness (QED) is 0.929. The number of amides is 2. The van der Waals surface area contributed by atoms with Crippen LogP contribution in [0.25, 0.3) is 0 Å². The number of nitrogens with one attached hydrogen (secondary N) is 1. The summed E-state index contributed by atoms with van der Waals surface area (Å²) in [4.78, 5) is 27.0. The molecule has 1 N–H and O–H groups in total. The van der Waals surface area contributed by atoms with Crippen LogP contribution in [0.4, 0.5) is 5.69 Å². The van der Waals surface area contributed by atoms with E-state index >= 15 is 0 Å². The molecule has 1 aromatic rings. The zero-order chi connectivity index (χ0) is 15.8. The fraction of sp³-hybridized carbons (Fsp3) is 0.529. The van der Waals surface area contributed by atoms with Crippen LogP contribution in [0.2, 0.25) is 0 Å². The summed E-state index contributed by atoms with van der Waals surface area (Å²) >= 11 is 0. The molecule has 4 nitrogen and oxygen atoms in total. The van der Waals surface area contributed by atoms with E-state index in [4.69, 9.17) is 0 Å². The Morgan fingerprint density at radius 3 is 2.38 bits per heavy atom. The standard InChI is InChI=1S/C17H24N2O2/c1-6-14-15(20)18-17(5,7-2)16(21)19(14)13-9-8-11(3)12(4)10-13/h8-10,14H,6-7H2,1-5H3,(H,18,20). The number of aryl methyl sites for hydroxylation is 2. The maximum atomic E-state index is 12.9. The number of piperazine rings is 1. The number of anilines is 1. The molecule has 1 heterocycles. The molecule has 0 radical (unpaired) electrons. The fourth-order valence-electron chi connectivity index (χ4n) is 2.71. The number of carbonyl (C=O) groups excluding carboxylic acids is 2. The van der Waals surface area contributed by atoms with Gasteiger partial charge < -0.3 is 5.32 Å². The molecule has 1 fully saturated rings. The molecule has 4 heteroatoms. The third kappa shape index (κ3) is 2.55. The van der Waals surface area contributed by atoms with Crippen molar-refractivity contribution in [3.05, 3.63) is 29.3 Å². The van der Waals surface area contributed by atoms with E-state index in [9.17, 15) is 9.59 Å². The van der Waals surface area contributed by atoms with Gasteiger partial charge in [0.15, 0.2) is 0 Å². The molecule has 0 bridgehead atoms. The fourth-order valence-corrected chi connectivity index (χ4v) is 2.71. The zero-order valence-electron chi connectivity index (χ0n) is 13.5. The average Bonchev–Trinajstić information content (AvgIpc) is 2.45. The van der Waals surface area contributed by atoms with Crippen LogP contribution in [0.15, 0.2) is 18.2 Å². The van der Waals surface area contributed by atoms with Crippen molar-refractivity contribution in [1.82, 2.24) is 5.32 Å². The Bertz CT molecular complexity index is 582. The Hall–Kier alpha value is -1.84. The van der Waals surface area contributed by atoms with Crippen molar-refractivity contribution in [2.45, 2.75) is 59.0 Å². The van der Waals surface area contributed by atoms with Gasteiger partial charge in [0.1, 0.15) is 11.6 Å². The molecule has 1 aromatic carbocycles. The third-order valence-corrected chi connectivity index (χ3v) is 4.57. The first kappa shape index (κ1) is 15.5. The summed E-state index contributed by atoms with van der Waals surface area (Å²) in [5.74, 6) is -0.0978. The lowest BCUT2D eigenvalue weighted by molar-refractivity contribution is -0.138. The molecule has 114 valence electrons. The van der Waals surface area contributed by atoms with Gasteiger partial charge in [-0.3, -0.25) is 14.5 Å². The number of hydrogen-bond donors (Lipinski definition) is 1. The van der Waals surface area contributed by atoms with Gasteiger partial charge in [-0.2, -0.15) is 0 Å². The molecule has 0 aliphatic carbocycles.